The number of hydrogen-bond acceptors (Lipinski definition) is 20. The van der Waals surface area contributed by atoms with Gasteiger partial charge in [-0.05, 0) is 104 Å². The van der Waals surface area contributed by atoms with E-state index in [0.29, 0.717) is 125 Å². The van der Waals surface area contributed by atoms with E-state index in [0.717, 1.165) is 44.6 Å². The molecule has 0 radical (unpaired) electrons. The van der Waals surface area contributed by atoms with Gasteiger partial charge in [-0.1, -0.05) is 26.0 Å². The molecular weight excluding hydrogens is 1520 g/mol. The number of carbonyl (C=O) groups excluding carboxylic acids is 9. The van der Waals surface area contributed by atoms with E-state index in [4.69, 9.17) is 83.6 Å². The van der Waals surface area contributed by atoms with Crippen LogP contribution in [0, 0.1) is 30.6 Å². The second kappa shape index (κ2) is 38.4. The zero-order chi connectivity index (χ0) is 79.9. The van der Waals surface area contributed by atoms with Crippen LogP contribution in [0.25, 0.3) is 21.8 Å². The van der Waals surface area contributed by atoms with Gasteiger partial charge in [0.1, 0.15) is 18.7 Å². The smallest absolute Gasteiger partial charge is 0.409 e. The average Bonchev–Trinajstić information content (AvgIpc) is 1.58. The molecule has 11 rings (SSSR count). The molecule has 604 valence electrons. The standard InChI is InChI=1S/C75H99Cl2N12O20PS/c1-45(2)64(84-57(90)16-21-101-23-25-103-27-29-105-31-32-106-30-28-104-26-24-102-22-20-87-58(91)14-15-59(87)92)68(94)83-52(9-8-17-79-71(78)97)67(93)82-51-12-10-48(11-13-51)41-107-72(98)85(5)18-19-86(6)73(111)108-55-33-53-62(60-46(3)37-80-65(55)60)49(35-76)39-88(53)69(95)74-42-75(43-74,44-74)70(96)89-40-50(36-77)63-54(89)34-56(109-110(7,99)100)66-61(63)47(4)38-81-66/h10-15,33-34,37-38,45,49-50,52,64,80-81H,8-9,16-32,35-36,39-44H2,1-7H3,(H,82,93)(H,83,94)(H,84,90)(H,99,100)(H3,78,79,97)/t49?,50-,52+,64+,74?,75?/m1/s1. The summed E-state index contributed by atoms with van der Waals surface area (Å²) in [5.74, 6) is -2.31. The zero-order valence-electron chi connectivity index (χ0n) is 63.4. The van der Waals surface area contributed by atoms with Crippen LogP contribution in [-0.2, 0) is 77.9 Å². The van der Waals surface area contributed by atoms with Gasteiger partial charge in [-0.3, -0.25) is 38.5 Å². The number of aromatic amines is 2. The molecule has 3 fully saturated rings. The molecule has 5 atom stereocenters. The summed E-state index contributed by atoms with van der Waals surface area (Å²) in [6.07, 6.45) is 6.85. The van der Waals surface area contributed by atoms with Gasteiger partial charge in [-0.25, -0.2) is 14.2 Å². The van der Waals surface area contributed by atoms with Crippen molar-refractivity contribution >= 4 is 141 Å². The predicted molar refractivity (Wildman–Crippen MR) is 417 cm³/mol. The molecule has 5 heterocycles. The van der Waals surface area contributed by atoms with E-state index in [1.807, 2.05) is 26.1 Å². The lowest BCUT2D eigenvalue weighted by Gasteiger charge is -2.69. The number of ether oxygens (including phenoxy) is 8. The first-order valence-corrected chi connectivity index (χ1v) is 40.4. The van der Waals surface area contributed by atoms with Crippen molar-refractivity contribution in [3.63, 3.8) is 0 Å². The first kappa shape index (κ1) is 85.0. The summed E-state index contributed by atoms with van der Waals surface area (Å²) >= 11 is 19.2. The lowest BCUT2D eigenvalue weighted by atomic mass is 9.34. The highest BCUT2D eigenvalue weighted by Crippen LogP contribution is 2.75. The maximum Gasteiger partial charge on any atom is 0.409 e. The number of imide groups is 1. The van der Waals surface area contributed by atoms with E-state index in [1.165, 1.54) is 17.1 Å². The number of benzene rings is 3. The summed E-state index contributed by atoms with van der Waals surface area (Å²) in [4.78, 5) is 143. The average molecular weight is 1620 g/mol. The Morgan fingerprint density at radius 1 is 0.703 bits per heavy atom. The topological polar surface area (TPSA) is 396 Å². The molecule has 9 N–H and O–H groups in total. The number of fused-ring (bicyclic) bond motifs is 6. The molecule has 0 saturated heterocycles. The number of carbonyl (C=O) groups is 9. The Balaban J connectivity index is 0.631. The largest absolute Gasteiger partial charge is 0.445 e. The highest BCUT2D eigenvalue weighted by molar-refractivity contribution is 7.80. The van der Waals surface area contributed by atoms with Crippen LogP contribution in [0.3, 0.4) is 0 Å². The third-order valence-electron chi connectivity index (χ3n) is 20.3. The molecule has 3 aromatic carbocycles. The first-order chi connectivity index (χ1) is 53.1. The number of nitrogens with zero attached hydrogens (tertiary/aromatic N) is 5. The second-order valence-electron chi connectivity index (χ2n) is 28.9. The van der Waals surface area contributed by atoms with Gasteiger partial charge < -0.3 is 104 Å². The van der Waals surface area contributed by atoms with Gasteiger partial charge in [0.05, 0.1) is 119 Å². The number of H-pyrrole nitrogens is 2. The number of likely N-dealkylation sites (N-methyl/N-ethyl adjacent to an activating group) is 2. The predicted octanol–water partition coefficient (Wildman–Crippen LogP) is 6.96. The van der Waals surface area contributed by atoms with E-state index in [1.54, 1.807) is 79.2 Å². The van der Waals surface area contributed by atoms with Crippen molar-refractivity contribution < 1.29 is 95.0 Å². The number of hydrogen-bond donors (Lipinski definition) is 8. The molecule has 5 aromatic rings. The fraction of sp³-hybridized carbons (Fsp3) is 0.547. The molecule has 10 amide bonds. The van der Waals surface area contributed by atoms with Crippen molar-refractivity contribution in [1.29, 1.82) is 0 Å². The third kappa shape index (κ3) is 20.9. The number of thiocarbonyl (C=S) groups is 1. The number of urea groups is 1. The first-order valence-electron chi connectivity index (χ1n) is 36.9. The van der Waals surface area contributed by atoms with Crippen LogP contribution in [0.2, 0.25) is 0 Å². The lowest BCUT2D eigenvalue weighted by molar-refractivity contribution is -0.205. The number of rotatable bonds is 43. The molecule has 3 aliphatic carbocycles. The van der Waals surface area contributed by atoms with Crippen LogP contribution in [0.5, 0.6) is 11.5 Å². The summed E-state index contributed by atoms with van der Waals surface area (Å²) in [5, 5.41) is 12.6. The van der Waals surface area contributed by atoms with E-state index >= 15 is 4.79 Å². The summed E-state index contributed by atoms with van der Waals surface area (Å²) in [5.41, 5.74) is 10.7. The molecule has 0 spiro atoms. The van der Waals surface area contributed by atoms with Crippen molar-refractivity contribution in [2.75, 3.05) is 166 Å². The third-order valence-corrected chi connectivity index (χ3v) is 22.0. The van der Waals surface area contributed by atoms with E-state index in [-0.39, 0.29) is 143 Å². The van der Waals surface area contributed by atoms with Crippen LogP contribution in [-0.4, -0.2) is 251 Å². The molecule has 3 saturated carbocycles. The van der Waals surface area contributed by atoms with Crippen LogP contribution in [0.4, 0.5) is 26.7 Å². The van der Waals surface area contributed by atoms with Crippen LogP contribution >= 0.6 is 43.0 Å². The fourth-order valence-corrected chi connectivity index (χ4v) is 15.8. The number of halogens is 2. The Kier molecular flexibility index (Phi) is 29.4. The number of aromatic nitrogens is 2. The number of primary amides is 1. The fourth-order valence-electron chi connectivity index (χ4n) is 14.6. The van der Waals surface area contributed by atoms with Crippen molar-refractivity contribution in [2.45, 2.75) is 96.7 Å². The Morgan fingerprint density at radius 2 is 1.19 bits per heavy atom. The molecule has 6 aliphatic rings. The Labute approximate surface area is 658 Å². The Hall–Kier alpha value is -8.47. The number of alkyl halides is 2. The minimum Gasteiger partial charge on any atom is -0.445 e. The molecule has 2 unspecified atom stereocenters. The van der Waals surface area contributed by atoms with Crippen molar-refractivity contribution in [3.05, 3.63) is 88.8 Å². The minimum absolute atomic E-state index is 0.0497. The Morgan fingerprint density at radius 3 is 1.68 bits per heavy atom. The van der Waals surface area contributed by atoms with E-state index < -0.39 is 60.4 Å². The minimum atomic E-state index is -3.99. The number of amides is 10. The molecule has 36 heteroatoms. The van der Waals surface area contributed by atoms with Crippen LogP contribution in [0.1, 0.15) is 92.0 Å². The maximum atomic E-state index is 15.0. The number of nitrogens with one attached hydrogen (secondary N) is 6. The molecular formula is C75H99Cl2N12O20PS. The SMILES string of the molecule is Cc1c[nH]c2c(OC(=S)N(C)CCN(C)C(=O)OCc3ccc(NC(=O)[C@H](CCCNC(N)=O)NC(=O)[C@@H](NC(=O)CCOCCOCCOCCOCCOCCOCCN4C(=O)C=CC4=O)C(C)C)cc3)cc3c(c12)C(CCl)CN3C(=O)C12CC(C(=O)N3C[C@@H](CCl)c4c3cc(OP(C)(=O)O)c3[nH]cc(C)c43)(C1)C2. The van der Waals surface area contributed by atoms with Crippen LogP contribution in [0.15, 0.2) is 60.9 Å². The number of anilines is 3. The highest BCUT2D eigenvalue weighted by Gasteiger charge is 2.76. The summed E-state index contributed by atoms with van der Waals surface area (Å²) in [6.45, 7) is 13.2. The van der Waals surface area contributed by atoms with Crippen molar-refractivity contribution in [2.24, 2.45) is 22.5 Å². The molecule has 2 aromatic heterocycles. The normalized spacial score (nSPS) is 19.1. The summed E-state index contributed by atoms with van der Waals surface area (Å²) < 4.78 is 63.2. The van der Waals surface area contributed by atoms with Gasteiger partial charge in [0.2, 0.25) is 29.5 Å². The van der Waals surface area contributed by atoms with Crippen molar-refractivity contribution in [1.82, 2.24) is 40.6 Å². The van der Waals surface area contributed by atoms with Gasteiger partial charge in [0.25, 0.3) is 17.0 Å². The number of nitrogens with two attached hydrogens (primary N) is 1. The molecule has 2 bridgehead atoms. The van der Waals surface area contributed by atoms with Gasteiger partial charge >= 0.3 is 19.7 Å². The molecule has 32 nitrogen and oxygen atoms in total. The van der Waals surface area contributed by atoms with Gasteiger partial charge in [-0.2, -0.15) is 0 Å². The van der Waals surface area contributed by atoms with Gasteiger partial charge in [0, 0.05) is 137 Å². The summed E-state index contributed by atoms with van der Waals surface area (Å²) in [7, 11) is -0.679. The van der Waals surface area contributed by atoms with Crippen LogP contribution < -0.4 is 46.1 Å². The van der Waals surface area contributed by atoms with Gasteiger partial charge in [-0.15, -0.1) is 23.2 Å². The van der Waals surface area contributed by atoms with E-state index in [2.05, 4.69) is 31.2 Å². The molecule has 111 heavy (non-hydrogen) atoms. The zero-order valence-corrected chi connectivity index (χ0v) is 66.6. The summed E-state index contributed by atoms with van der Waals surface area (Å²) in [6, 6.07) is 7.16. The van der Waals surface area contributed by atoms with Crippen molar-refractivity contribution in [3.8, 4) is 11.5 Å². The molecule has 3 aliphatic heterocycles. The highest BCUT2D eigenvalue weighted by atomic mass is 35.5. The Bertz CT molecular complexity index is 4290. The lowest BCUT2D eigenvalue weighted by Crippen LogP contribution is -2.73. The number of aryl methyl sites for hydroxylation is 2. The van der Waals surface area contributed by atoms with E-state index in [9.17, 15) is 47.8 Å². The van der Waals surface area contributed by atoms with Gasteiger partial charge in [0.15, 0.2) is 11.5 Å². The quantitative estimate of drug-likeness (QED) is 0.00642. The maximum absolute atomic E-state index is 15.0. The second-order valence-corrected chi connectivity index (χ2v) is 31.7. The monoisotopic (exact) mass is 1620 g/mol.